The summed E-state index contributed by atoms with van der Waals surface area (Å²) >= 11 is 13.7. The highest BCUT2D eigenvalue weighted by Gasteiger charge is 2.14. The Bertz CT molecular complexity index is 1040. The molecule has 0 fully saturated rings. The summed E-state index contributed by atoms with van der Waals surface area (Å²) in [6.45, 7) is 1.48. The smallest absolute Gasteiger partial charge is 0.235 e. The average Bonchev–Trinajstić information content (AvgIpc) is 3.16. The number of hydrogen-bond acceptors (Lipinski definition) is 5. The summed E-state index contributed by atoms with van der Waals surface area (Å²) in [5, 5.41) is 8.12. The lowest BCUT2D eigenvalue weighted by Crippen LogP contribution is -2.18. The lowest BCUT2D eigenvalue weighted by atomic mass is 10.2. The van der Waals surface area contributed by atoms with Gasteiger partial charge in [0.1, 0.15) is 19.0 Å². The van der Waals surface area contributed by atoms with E-state index in [0.717, 1.165) is 16.2 Å². The van der Waals surface area contributed by atoms with Gasteiger partial charge < -0.3 is 14.8 Å². The molecule has 2 heterocycles. The predicted octanol–water partition coefficient (Wildman–Crippen LogP) is 4.74. The Morgan fingerprint density at radius 3 is 2.83 bits per heavy atom. The molecule has 0 unspecified atom stereocenters. The molecule has 0 spiro atoms. The third-order valence-electron chi connectivity index (χ3n) is 4.22. The predicted molar refractivity (Wildman–Crippen MR) is 115 cm³/mol. The fourth-order valence-corrected chi connectivity index (χ4v) is 3.94. The van der Waals surface area contributed by atoms with Gasteiger partial charge in [0.25, 0.3) is 0 Å². The number of anilines is 1. The van der Waals surface area contributed by atoms with Crippen LogP contribution in [0.5, 0.6) is 11.5 Å². The van der Waals surface area contributed by atoms with Gasteiger partial charge in [0.2, 0.25) is 5.91 Å². The van der Waals surface area contributed by atoms with E-state index in [2.05, 4.69) is 10.4 Å². The summed E-state index contributed by atoms with van der Waals surface area (Å²) in [6.07, 6.45) is 1.63. The lowest BCUT2D eigenvalue weighted by molar-refractivity contribution is -0.113. The molecule has 3 aromatic rings. The van der Waals surface area contributed by atoms with Crippen LogP contribution in [-0.4, -0.2) is 34.7 Å². The van der Waals surface area contributed by atoms with Gasteiger partial charge in [-0.05, 0) is 29.8 Å². The monoisotopic (exact) mass is 449 g/mol. The van der Waals surface area contributed by atoms with Crippen LogP contribution in [0, 0.1) is 0 Å². The van der Waals surface area contributed by atoms with Crippen molar-refractivity contribution in [2.75, 3.05) is 24.3 Å². The Kier molecular flexibility index (Phi) is 6.18. The summed E-state index contributed by atoms with van der Waals surface area (Å²) in [5.41, 5.74) is 0.823. The number of rotatable bonds is 6. The highest BCUT2D eigenvalue weighted by molar-refractivity contribution is 8.00. The molecule has 0 atom stereocenters. The molecule has 150 valence electrons. The van der Waals surface area contributed by atoms with E-state index >= 15 is 0 Å². The van der Waals surface area contributed by atoms with E-state index in [1.807, 2.05) is 30.3 Å². The zero-order chi connectivity index (χ0) is 20.2. The molecule has 29 heavy (non-hydrogen) atoms. The minimum atomic E-state index is -0.135. The third kappa shape index (κ3) is 4.80. The normalized spacial score (nSPS) is 12.6. The molecule has 2 aromatic carbocycles. The number of carbonyl (C=O) groups excluding carboxylic acids is 1. The number of nitrogens with zero attached hydrogens (tertiary/aromatic N) is 2. The second-order valence-corrected chi connectivity index (χ2v) is 8.06. The van der Waals surface area contributed by atoms with Crippen molar-refractivity contribution in [3.05, 3.63) is 64.3 Å². The van der Waals surface area contributed by atoms with Crippen molar-refractivity contribution >= 4 is 46.7 Å². The minimum Gasteiger partial charge on any atom is -0.486 e. The lowest BCUT2D eigenvalue weighted by Gasteiger charge is -2.18. The highest BCUT2D eigenvalue weighted by Crippen LogP contribution is 2.34. The zero-order valence-corrected chi connectivity index (χ0v) is 17.6. The van der Waals surface area contributed by atoms with Gasteiger partial charge in [-0.3, -0.25) is 4.79 Å². The molecular weight excluding hydrogens is 433 g/mol. The Balaban J connectivity index is 1.37. The SMILES string of the molecule is O=C(CSc1ccc2c(c1)OCCO2)Nc1ccnn1Cc1cccc(Cl)c1Cl. The number of halogens is 2. The largest absolute Gasteiger partial charge is 0.486 e. The van der Waals surface area contributed by atoms with Crippen molar-refractivity contribution < 1.29 is 14.3 Å². The molecule has 0 saturated heterocycles. The topological polar surface area (TPSA) is 65.4 Å². The van der Waals surface area contributed by atoms with Crippen LogP contribution in [0.1, 0.15) is 5.56 Å². The fourth-order valence-electron chi connectivity index (χ4n) is 2.84. The molecule has 4 rings (SSSR count). The van der Waals surface area contributed by atoms with Crippen molar-refractivity contribution in [3.63, 3.8) is 0 Å². The second-order valence-electron chi connectivity index (χ2n) is 6.23. The van der Waals surface area contributed by atoms with Gasteiger partial charge in [0.15, 0.2) is 11.5 Å². The molecule has 1 aliphatic heterocycles. The van der Waals surface area contributed by atoms with E-state index < -0.39 is 0 Å². The first kappa shape index (κ1) is 19.9. The van der Waals surface area contributed by atoms with Crippen LogP contribution in [-0.2, 0) is 11.3 Å². The summed E-state index contributed by atoms with van der Waals surface area (Å²) in [4.78, 5) is 13.4. The van der Waals surface area contributed by atoms with Crippen LogP contribution >= 0.6 is 35.0 Å². The van der Waals surface area contributed by atoms with Crippen molar-refractivity contribution in [1.29, 1.82) is 0 Å². The first-order valence-corrected chi connectivity index (χ1v) is 10.6. The zero-order valence-electron chi connectivity index (χ0n) is 15.2. The third-order valence-corrected chi connectivity index (χ3v) is 6.07. The van der Waals surface area contributed by atoms with Crippen LogP contribution in [0.3, 0.4) is 0 Å². The molecule has 9 heteroatoms. The van der Waals surface area contributed by atoms with Gasteiger partial charge in [-0.25, -0.2) is 4.68 Å². The quantitative estimate of drug-likeness (QED) is 0.550. The number of nitrogens with one attached hydrogen (secondary N) is 1. The Labute approximate surface area is 182 Å². The maximum absolute atomic E-state index is 12.4. The summed E-state index contributed by atoms with van der Waals surface area (Å²) in [7, 11) is 0. The van der Waals surface area contributed by atoms with E-state index in [-0.39, 0.29) is 11.7 Å². The molecule has 1 aromatic heterocycles. The van der Waals surface area contributed by atoms with E-state index in [4.69, 9.17) is 32.7 Å². The first-order chi connectivity index (χ1) is 14.1. The van der Waals surface area contributed by atoms with Gasteiger partial charge in [-0.2, -0.15) is 5.10 Å². The molecule has 0 saturated carbocycles. The second kappa shape index (κ2) is 8.98. The van der Waals surface area contributed by atoms with Crippen LogP contribution in [0.4, 0.5) is 5.82 Å². The van der Waals surface area contributed by atoms with Crippen molar-refractivity contribution in [1.82, 2.24) is 9.78 Å². The van der Waals surface area contributed by atoms with Gasteiger partial charge in [0.05, 0.1) is 28.5 Å². The van der Waals surface area contributed by atoms with Gasteiger partial charge >= 0.3 is 0 Å². The van der Waals surface area contributed by atoms with Gasteiger partial charge in [0, 0.05) is 11.0 Å². The van der Waals surface area contributed by atoms with Crippen molar-refractivity contribution in [2.45, 2.75) is 11.4 Å². The highest BCUT2D eigenvalue weighted by atomic mass is 35.5. The van der Waals surface area contributed by atoms with E-state index in [1.165, 1.54) is 11.8 Å². The number of hydrogen-bond donors (Lipinski definition) is 1. The number of carbonyl (C=O) groups is 1. The summed E-state index contributed by atoms with van der Waals surface area (Å²) in [6, 6.07) is 12.8. The van der Waals surface area contributed by atoms with Crippen LogP contribution in [0.25, 0.3) is 0 Å². The standard InChI is InChI=1S/C20H17Cl2N3O3S/c21-15-3-1-2-13(20(15)22)11-25-18(6-7-23-25)24-19(26)12-29-14-4-5-16-17(10-14)28-9-8-27-16/h1-7,10H,8-9,11-12H2,(H,24,26). The molecule has 1 N–H and O–H groups in total. The van der Waals surface area contributed by atoms with E-state index in [0.29, 0.717) is 41.4 Å². The molecule has 0 aliphatic carbocycles. The Morgan fingerprint density at radius 1 is 1.14 bits per heavy atom. The number of fused-ring (bicyclic) bond motifs is 1. The van der Waals surface area contributed by atoms with Crippen LogP contribution in [0.15, 0.2) is 53.6 Å². The van der Waals surface area contributed by atoms with Gasteiger partial charge in [-0.1, -0.05) is 35.3 Å². The first-order valence-electron chi connectivity index (χ1n) is 8.87. The Morgan fingerprint density at radius 2 is 1.97 bits per heavy atom. The molecule has 6 nitrogen and oxygen atoms in total. The van der Waals surface area contributed by atoms with Crippen LogP contribution in [0.2, 0.25) is 10.0 Å². The number of ether oxygens (including phenoxy) is 2. The van der Waals surface area contributed by atoms with Crippen molar-refractivity contribution in [3.8, 4) is 11.5 Å². The van der Waals surface area contributed by atoms with E-state index in [1.54, 1.807) is 23.0 Å². The fraction of sp³-hybridized carbons (Fsp3) is 0.200. The number of amides is 1. The molecule has 1 amide bonds. The van der Waals surface area contributed by atoms with Crippen molar-refractivity contribution in [2.24, 2.45) is 0 Å². The summed E-state index contributed by atoms with van der Waals surface area (Å²) in [5.74, 6) is 2.15. The Hall–Kier alpha value is -2.35. The molecular formula is C20H17Cl2N3O3S. The number of thioether (sulfide) groups is 1. The number of aromatic nitrogens is 2. The maximum Gasteiger partial charge on any atom is 0.235 e. The maximum atomic E-state index is 12.4. The molecule has 0 radical (unpaired) electrons. The van der Waals surface area contributed by atoms with Gasteiger partial charge in [-0.15, -0.1) is 11.8 Å². The van der Waals surface area contributed by atoms with Crippen LogP contribution < -0.4 is 14.8 Å². The summed E-state index contributed by atoms with van der Waals surface area (Å²) < 4.78 is 12.8. The van der Waals surface area contributed by atoms with E-state index in [9.17, 15) is 4.79 Å². The molecule has 1 aliphatic rings. The average molecular weight is 450 g/mol. The number of benzene rings is 2. The molecule has 0 bridgehead atoms. The minimum absolute atomic E-state index is 0.135.